The van der Waals surface area contributed by atoms with Crippen molar-refractivity contribution in [1.82, 2.24) is 14.9 Å². The van der Waals surface area contributed by atoms with E-state index in [0.29, 0.717) is 16.1 Å². The zero-order chi connectivity index (χ0) is 24.0. The van der Waals surface area contributed by atoms with Gasteiger partial charge in [-0.3, -0.25) is 14.2 Å². The summed E-state index contributed by atoms with van der Waals surface area (Å²) in [6, 6.07) is -1.76. The van der Waals surface area contributed by atoms with E-state index in [9.17, 15) is 49.1 Å². The first-order chi connectivity index (χ1) is 14.7. The van der Waals surface area contributed by atoms with Gasteiger partial charge >= 0.3 is 12.4 Å². The molecule has 14 heteroatoms. The summed E-state index contributed by atoms with van der Waals surface area (Å²) in [7, 11) is 0. The lowest BCUT2D eigenvalue weighted by atomic mass is 10.1. The summed E-state index contributed by atoms with van der Waals surface area (Å²) in [6.45, 7) is 0. The van der Waals surface area contributed by atoms with Gasteiger partial charge in [-0.1, -0.05) is 0 Å². The van der Waals surface area contributed by atoms with E-state index in [0.717, 1.165) is 18.3 Å². The molecule has 0 atom stereocenters. The summed E-state index contributed by atoms with van der Waals surface area (Å²) >= 11 is 0. The molecule has 0 aliphatic carbocycles. The molecule has 5 nitrogen and oxygen atoms in total. The largest absolute Gasteiger partial charge is 0.417 e. The molecule has 1 aromatic carbocycles. The molecule has 1 N–H and O–H groups in total. The maximum Gasteiger partial charge on any atom is 0.417 e. The van der Waals surface area contributed by atoms with Crippen LogP contribution in [0.5, 0.6) is 0 Å². The monoisotopic (exact) mass is 469 g/mol. The van der Waals surface area contributed by atoms with Gasteiger partial charge in [-0.05, 0) is 12.1 Å². The van der Waals surface area contributed by atoms with Crippen LogP contribution < -0.4 is 10.7 Å². The third-order valence-electron chi connectivity index (χ3n) is 4.16. The number of halogens is 9. The molecule has 0 bridgehead atoms. The highest BCUT2D eigenvalue weighted by molar-refractivity contribution is 5.97. The first kappa shape index (κ1) is 23.1. The van der Waals surface area contributed by atoms with Crippen molar-refractivity contribution in [2.24, 2.45) is 0 Å². The average molecular weight is 469 g/mol. The predicted octanol–water partition coefficient (Wildman–Crippen LogP) is 4.03. The first-order valence-electron chi connectivity index (χ1n) is 8.31. The van der Waals surface area contributed by atoms with Gasteiger partial charge in [0, 0.05) is 24.5 Å². The summed E-state index contributed by atoms with van der Waals surface area (Å²) < 4.78 is 119. The molecule has 0 fully saturated rings. The van der Waals surface area contributed by atoms with Gasteiger partial charge < -0.3 is 5.32 Å². The van der Waals surface area contributed by atoms with Crippen molar-refractivity contribution in [1.29, 1.82) is 0 Å². The van der Waals surface area contributed by atoms with E-state index in [2.05, 4.69) is 4.98 Å². The van der Waals surface area contributed by atoms with Gasteiger partial charge in [-0.25, -0.2) is 18.2 Å². The molecule has 0 saturated carbocycles. The van der Waals surface area contributed by atoms with Crippen LogP contribution in [0.2, 0.25) is 0 Å². The first-order valence-corrected chi connectivity index (χ1v) is 8.31. The number of hydrogen-bond acceptors (Lipinski definition) is 3. The van der Waals surface area contributed by atoms with Crippen LogP contribution in [-0.2, 0) is 0 Å². The van der Waals surface area contributed by atoms with Gasteiger partial charge in [0.2, 0.25) is 11.5 Å². The molecular formula is C18H8F9N3O2. The van der Waals surface area contributed by atoms with E-state index >= 15 is 0 Å². The Morgan fingerprint density at radius 3 is 2.09 bits per heavy atom. The fourth-order valence-corrected chi connectivity index (χ4v) is 2.82. The number of pyridine rings is 2. The Morgan fingerprint density at radius 2 is 1.56 bits per heavy atom. The van der Waals surface area contributed by atoms with E-state index in [1.54, 1.807) is 0 Å². The SMILES string of the molecule is O=C(NC(C(F)(F)F)C(F)(F)F)c1cn(-c2c(F)cc(F)cc2F)c2ncccc2c1=O. The second kappa shape index (κ2) is 7.84. The molecule has 3 rings (SSSR count). The molecule has 0 saturated heterocycles. The van der Waals surface area contributed by atoms with Crippen LogP contribution in [0.15, 0.2) is 41.5 Å². The Balaban J connectivity index is 2.25. The van der Waals surface area contributed by atoms with Crippen molar-refractivity contribution in [3.63, 3.8) is 0 Å². The van der Waals surface area contributed by atoms with E-state index in [-0.39, 0.29) is 12.1 Å². The molecule has 0 aliphatic rings. The molecular weight excluding hydrogens is 461 g/mol. The van der Waals surface area contributed by atoms with Crippen molar-refractivity contribution >= 4 is 16.9 Å². The standard InChI is InChI=1S/C18H8F9N3O2/c19-7-4-10(20)12(11(21)5-7)30-6-9(13(31)8-2-1-3-28-14(8)30)15(32)29-16(17(22,23)24)18(25,26)27/h1-6,16H,(H,29,32). The minimum absolute atomic E-state index is 0.231. The van der Waals surface area contributed by atoms with Gasteiger partial charge in [-0.15, -0.1) is 0 Å². The van der Waals surface area contributed by atoms with E-state index in [4.69, 9.17) is 0 Å². The van der Waals surface area contributed by atoms with Crippen LogP contribution in [0.25, 0.3) is 16.7 Å². The smallest absolute Gasteiger partial charge is 0.333 e. The second-order valence-corrected chi connectivity index (χ2v) is 6.32. The number of nitrogens with one attached hydrogen (secondary N) is 1. The van der Waals surface area contributed by atoms with Crippen LogP contribution in [0, 0.1) is 17.5 Å². The maximum absolute atomic E-state index is 14.3. The highest BCUT2D eigenvalue weighted by Gasteiger charge is 2.57. The Kier molecular flexibility index (Phi) is 5.65. The quantitative estimate of drug-likeness (QED) is 0.590. The van der Waals surface area contributed by atoms with E-state index < -0.39 is 69.5 Å². The third kappa shape index (κ3) is 4.24. The minimum atomic E-state index is -5.96. The maximum atomic E-state index is 14.3. The summed E-state index contributed by atoms with van der Waals surface area (Å²) in [5.74, 6) is -6.55. The number of benzene rings is 1. The molecule has 0 radical (unpaired) electrons. The van der Waals surface area contributed by atoms with Crippen LogP contribution in [0.1, 0.15) is 10.4 Å². The van der Waals surface area contributed by atoms with Gasteiger partial charge in [0.25, 0.3) is 5.91 Å². The molecule has 2 heterocycles. The molecule has 0 aliphatic heterocycles. The van der Waals surface area contributed by atoms with Crippen LogP contribution in [0.3, 0.4) is 0 Å². The second-order valence-electron chi connectivity index (χ2n) is 6.32. The van der Waals surface area contributed by atoms with Crippen LogP contribution in [0.4, 0.5) is 39.5 Å². The number of alkyl halides is 6. The molecule has 32 heavy (non-hydrogen) atoms. The van der Waals surface area contributed by atoms with Crippen molar-refractivity contribution < 1.29 is 44.3 Å². The Bertz CT molecular complexity index is 1230. The van der Waals surface area contributed by atoms with E-state index in [1.165, 1.54) is 0 Å². The van der Waals surface area contributed by atoms with Crippen molar-refractivity contribution in [2.45, 2.75) is 18.4 Å². The fraction of sp³-hybridized carbons (Fsp3) is 0.167. The number of rotatable bonds is 3. The summed E-state index contributed by atoms with van der Waals surface area (Å²) in [5.41, 5.74) is -4.23. The zero-order valence-corrected chi connectivity index (χ0v) is 15.2. The summed E-state index contributed by atoms with van der Waals surface area (Å²) in [6.07, 6.45) is -10.5. The zero-order valence-electron chi connectivity index (χ0n) is 15.2. The predicted molar refractivity (Wildman–Crippen MR) is 90.6 cm³/mol. The lowest BCUT2D eigenvalue weighted by molar-refractivity contribution is -0.255. The molecule has 170 valence electrons. The number of hydrogen-bond donors (Lipinski definition) is 1. The number of carbonyl (C=O) groups excluding carboxylic acids is 1. The number of amides is 1. The Labute approximate surface area is 171 Å². The van der Waals surface area contributed by atoms with Crippen molar-refractivity contribution in [3.05, 3.63) is 69.9 Å². The lowest BCUT2D eigenvalue weighted by Crippen LogP contribution is -2.55. The van der Waals surface area contributed by atoms with Crippen molar-refractivity contribution in [3.8, 4) is 5.69 Å². The number of fused-ring (bicyclic) bond motifs is 1. The van der Waals surface area contributed by atoms with Gasteiger partial charge in [0.1, 0.15) is 22.7 Å². The minimum Gasteiger partial charge on any atom is -0.333 e. The molecule has 2 aromatic heterocycles. The summed E-state index contributed by atoms with van der Waals surface area (Å²) in [4.78, 5) is 28.5. The Morgan fingerprint density at radius 1 is 1.00 bits per heavy atom. The highest BCUT2D eigenvalue weighted by atomic mass is 19.4. The van der Waals surface area contributed by atoms with Crippen LogP contribution in [-0.4, -0.2) is 33.9 Å². The highest BCUT2D eigenvalue weighted by Crippen LogP contribution is 2.33. The van der Waals surface area contributed by atoms with Crippen molar-refractivity contribution in [2.75, 3.05) is 0 Å². The lowest BCUT2D eigenvalue weighted by Gasteiger charge is -2.24. The van der Waals surface area contributed by atoms with Gasteiger partial charge in [0.15, 0.2) is 11.6 Å². The molecule has 1 amide bonds. The topological polar surface area (TPSA) is 64.0 Å². The number of carbonyl (C=O) groups is 1. The number of aromatic nitrogens is 2. The average Bonchev–Trinajstić information content (AvgIpc) is 2.65. The summed E-state index contributed by atoms with van der Waals surface area (Å²) in [5, 5.41) is 0.109. The normalized spacial score (nSPS) is 12.4. The van der Waals surface area contributed by atoms with E-state index in [1.807, 2.05) is 0 Å². The molecule has 3 aromatic rings. The molecule has 0 spiro atoms. The third-order valence-corrected chi connectivity index (χ3v) is 4.16. The Hall–Kier alpha value is -3.58. The molecule has 0 unspecified atom stereocenters. The van der Waals surface area contributed by atoms with Crippen LogP contribution >= 0.6 is 0 Å². The number of nitrogens with zero attached hydrogens (tertiary/aromatic N) is 2. The van der Waals surface area contributed by atoms with Gasteiger partial charge in [0.05, 0.1) is 5.39 Å². The van der Waals surface area contributed by atoms with Gasteiger partial charge in [-0.2, -0.15) is 26.3 Å². The fourth-order valence-electron chi connectivity index (χ4n) is 2.82.